The zero-order valence-electron chi connectivity index (χ0n) is 19.2. The number of hydrogen-bond acceptors (Lipinski definition) is 6. The molecule has 174 valence electrons. The normalized spacial score (nSPS) is 15.2. The van der Waals surface area contributed by atoms with E-state index >= 15 is 0 Å². The molecule has 0 saturated carbocycles. The fourth-order valence-corrected chi connectivity index (χ4v) is 4.09. The molecule has 1 aliphatic heterocycles. The number of rotatable bonds is 9. The number of nitrogens with zero attached hydrogens (tertiary/aromatic N) is 2. The number of amides is 1. The fraction of sp³-hybridized carbons (Fsp3) is 0.346. The van der Waals surface area contributed by atoms with Crippen LogP contribution in [0.15, 0.2) is 71.3 Å². The van der Waals surface area contributed by atoms with E-state index in [4.69, 9.17) is 13.9 Å². The monoisotopic (exact) mass is 449 g/mol. The van der Waals surface area contributed by atoms with Crippen molar-refractivity contribution < 1.29 is 18.7 Å². The summed E-state index contributed by atoms with van der Waals surface area (Å²) in [7, 11) is 1.68. The number of hydrogen-bond donors (Lipinski definition) is 1. The van der Waals surface area contributed by atoms with Crippen LogP contribution >= 0.6 is 0 Å². The SMILES string of the molecule is COc1ccc(N2CCN(C(CNC(=O)COc3cccc(C)c3)c3ccco3)CC2)cc1. The molecule has 1 N–H and O–H groups in total. The van der Waals surface area contributed by atoms with Crippen molar-refractivity contribution in [3.05, 3.63) is 78.3 Å². The Morgan fingerprint density at radius 3 is 2.48 bits per heavy atom. The van der Waals surface area contributed by atoms with Gasteiger partial charge in [-0.05, 0) is 61.0 Å². The third-order valence-electron chi connectivity index (χ3n) is 5.92. The first-order chi connectivity index (χ1) is 16.1. The van der Waals surface area contributed by atoms with Crippen molar-refractivity contribution in [3.8, 4) is 11.5 Å². The van der Waals surface area contributed by atoms with Gasteiger partial charge >= 0.3 is 0 Å². The predicted molar refractivity (Wildman–Crippen MR) is 128 cm³/mol. The average molecular weight is 450 g/mol. The Kier molecular flexibility index (Phi) is 7.52. The van der Waals surface area contributed by atoms with E-state index in [-0.39, 0.29) is 18.6 Å². The number of aryl methyl sites for hydroxylation is 1. The molecule has 0 bridgehead atoms. The number of nitrogens with one attached hydrogen (secondary N) is 1. The van der Waals surface area contributed by atoms with Crippen LogP contribution in [0.5, 0.6) is 11.5 Å². The van der Waals surface area contributed by atoms with Gasteiger partial charge in [-0.25, -0.2) is 0 Å². The second kappa shape index (κ2) is 10.9. The number of piperazine rings is 1. The molecule has 0 aliphatic carbocycles. The molecule has 3 aromatic rings. The molecule has 1 fully saturated rings. The molecule has 1 aliphatic rings. The van der Waals surface area contributed by atoms with Crippen LogP contribution in [0.2, 0.25) is 0 Å². The maximum atomic E-state index is 12.4. The molecular weight excluding hydrogens is 418 g/mol. The van der Waals surface area contributed by atoms with E-state index in [0.717, 1.165) is 43.3 Å². The lowest BCUT2D eigenvalue weighted by atomic mass is 10.1. The van der Waals surface area contributed by atoms with Crippen molar-refractivity contribution in [2.45, 2.75) is 13.0 Å². The molecule has 0 spiro atoms. The molecule has 7 heteroatoms. The zero-order chi connectivity index (χ0) is 23.0. The smallest absolute Gasteiger partial charge is 0.258 e. The van der Waals surface area contributed by atoms with Crippen LogP contribution in [0.4, 0.5) is 5.69 Å². The third kappa shape index (κ3) is 6.08. The van der Waals surface area contributed by atoms with E-state index < -0.39 is 0 Å². The maximum Gasteiger partial charge on any atom is 0.258 e. The van der Waals surface area contributed by atoms with E-state index in [1.807, 2.05) is 55.5 Å². The highest BCUT2D eigenvalue weighted by Gasteiger charge is 2.27. The Labute approximate surface area is 194 Å². The first-order valence-corrected chi connectivity index (χ1v) is 11.2. The molecule has 1 saturated heterocycles. The van der Waals surface area contributed by atoms with Crippen LogP contribution in [0.25, 0.3) is 0 Å². The van der Waals surface area contributed by atoms with Crippen molar-refractivity contribution in [2.75, 3.05) is 51.3 Å². The van der Waals surface area contributed by atoms with Gasteiger partial charge in [-0.2, -0.15) is 0 Å². The van der Waals surface area contributed by atoms with Crippen LogP contribution in [0.3, 0.4) is 0 Å². The predicted octanol–water partition coefficient (Wildman–Crippen LogP) is 3.66. The van der Waals surface area contributed by atoms with E-state index in [2.05, 4.69) is 27.2 Å². The van der Waals surface area contributed by atoms with Crippen molar-refractivity contribution in [1.29, 1.82) is 0 Å². The minimum Gasteiger partial charge on any atom is -0.497 e. The lowest BCUT2D eigenvalue weighted by Crippen LogP contribution is -2.50. The van der Waals surface area contributed by atoms with Crippen molar-refractivity contribution in [1.82, 2.24) is 10.2 Å². The van der Waals surface area contributed by atoms with Crippen LogP contribution in [0.1, 0.15) is 17.4 Å². The van der Waals surface area contributed by atoms with E-state index in [1.165, 1.54) is 5.69 Å². The number of methoxy groups -OCH3 is 1. The largest absolute Gasteiger partial charge is 0.497 e. The molecule has 7 nitrogen and oxygen atoms in total. The number of carbonyl (C=O) groups excluding carboxylic acids is 1. The highest BCUT2D eigenvalue weighted by atomic mass is 16.5. The van der Waals surface area contributed by atoms with E-state index in [9.17, 15) is 4.79 Å². The van der Waals surface area contributed by atoms with Gasteiger partial charge in [-0.3, -0.25) is 9.69 Å². The second-order valence-electron chi connectivity index (χ2n) is 8.16. The Morgan fingerprint density at radius 2 is 1.82 bits per heavy atom. The van der Waals surface area contributed by atoms with Crippen molar-refractivity contribution >= 4 is 11.6 Å². The zero-order valence-corrected chi connectivity index (χ0v) is 19.2. The molecule has 0 radical (unpaired) electrons. The van der Waals surface area contributed by atoms with Crippen molar-refractivity contribution in [3.63, 3.8) is 0 Å². The van der Waals surface area contributed by atoms with Crippen LogP contribution < -0.4 is 19.7 Å². The summed E-state index contributed by atoms with van der Waals surface area (Å²) in [5, 5.41) is 3.02. The average Bonchev–Trinajstić information content (AvgIpc) is 3.38. The highest BCUT2D eigenvalue weighted by molar-refractivity contribution is 5.77. The van der Waals surface area contributed by atoms with Crippen molar-refractivity contribution in [2.24, 2.45) is 0 Å². The van der Waals surface area contributed by atoms with Gasteiger partial charge in [0.05, 0.1) is 19.4 Å². The fourth-order valence-electron chi connectivity index (χ4n) is 4.09. The lowest BCUT2D eigenvalue weighted by Gasteiger charge is -2.39. The maximum absolute atomic E-state index is 12.4. The minimum absolute atomic E-state index is 0.0143. The number of furan rings is 1. The third-order valence-corrected chi connectivity index (χ3v) is 5.92. The van der Waals surface area contributed by atoms with E-state index in [1.54, 1.807) is 13.4 Å². The Balaban J connectivity index is 1.31. The number of ether oxygens (including phenoxy) is 2. The van der Waals surface area contributed by atoms with Crippen LogP contribution in [-0.4, -0.2) is 57.2 Å². The van der Waals surface area contributed by atoms with E-state index in [0.29, 0.717) is 12.3 Å². The Hall–Kier alpha value is -3.45. The Morgan fingerprint density at radius 1 is 1.03 bits per heavy atom. The van der Waals surface area contributed by atoms with Crippen LogP contribution in [-0.2, 0) is 4.79 Å². The molecule has 1 amide bonds. The molecule has 33 heavy (non-hydrogen) atoms. The first-order valence-electron chi connectivity index (χ1n) is 11.2. The molecule has 2 heterocycles. The van der Waals surface area contributed by atoms with Gasteiger partial charge in [-0.1, -0.05) is 12.1 Å². The molecule has 1 aromatic heterocycles. The molecule has 2 aromatic carbocycles. The van der Waals surface area contributed by atoms with Gasteiger partial charge in [0, 0.05) is 38.4 Å². The first kappa shape index (κ1) is 22.7. The van der Waals surface area contributed by atoms with Crippen LogP contribution in [0, 0.1) is 6.92 Å². The molecule has 1 atom stereocenters. The summed E-state index contributed by atoms with van der Waals surface area (Å²) in [6.45, 7) is 5.98. The number of carbonyl (C=O) groups is 1. The summed E-state index contributed by atoms with van der Waals surface area (Å²) in [5.74, 6) is 2.26. The summed E-state index contributed by atoms with van der Waals surface area (Å²) in [5.41, 5.74) is 2.28. The topological polar surface area (TPSA) is 67.2 Å². The van der Waals surface area contributed by atoms with Gasteiger partial charge in [0.15, 0.2) is 6.61 Å². The standard InChI is InChI=1S/C26H31N3O4/c1-20-5-3-6-23(17-20)33-19-26(30)27-18-24(25-7-4-16-32-25)29-14-12-28(13-15-29)21-8-10-22(31-2)11-9-21/h3-11,16-17,24H,12-15,18-19H2,1-2H3,(H,27,30). The summed E-state index contributed by atoms with van der Waals surface area (Å²) in [6, 6.07) is 19.7. The summed E-state index contributed by atoms with van der Waals surface area (Å²) < 4.78 is 16.6. The minimum atomic E-state index is -0.148. The highest BCUT2D eigenvalue weighted by Crippen LogP contribution is 2.25. The van der Waals surface area contributed by atoms with Gasteiger partial charge in [0.2, 0.25) is 0 Å². The molecular formula is C26H31N3O4. The van der Waals surface area contributed by atoms with Gasteiger partial charge in [0.1, 0.15) is 17.3 Å². The quantitative estimate of drug-likeness (QED) is 0.538. The number of benzene rings is 2. The molecule has 4 rings (SSSR count). The summed E-state index contributed by atoms with van der Waals surface area (Å²) in [6.07, 6.45) is 1.68. The van der Waals surface area contributed by atoms with Gasteiger partial charge in [0.25, 0.3) is 5.91 Å². The van der Waals surface area contributed by atoms with Gasteiger partial charge < -0.3 is 24.1 Å². The summed E-state index contributed by atoms with van der Waals surface area (Å²) >= 11 is 0. The number of anilines is 1. The second-order valence-corrected chi connectivity index (χ2v) is 8.16. The lowest BCUT2D eigenvalue weighted by molar-refractivity contribution is -0.123. The molecule has 1 unspecified atom stereocenters. The van der Waals surface area contributed by atoms with Gasteiger partial charge in [-0.15, -0.1) is 0 Å². The summed E-state index contributed by atoms with van der Waals surface area (Å²) in [4.78, 5) is 17.2. The Bertz CT molecular complexity index is 1010.